The second-order valence-corrected chi connectivity index (χ2v) is 5.22. The first-order valence-corrected chi connectivity index (χ1v) is 6.94. The maximum absolute atomic E-state index is 6.66. The van der Waals surface area contributed by atoms with Gasteiger partial charge in [0.05, 0.1) is 25.2 Å². The summed E-state index contributed by atoms with van der Waals surface area (Å²) in [6, 6.07) is 11.9. The van der Waals surface area contributed by atoms with Crippen LogP contribution < -0.4 is 9.47 Å². The van der Waals surface area contributed by atoms with E-state index in [2.05, 4.69) is 26.0 Å². The lowest BCUT2D eigenvalue weighted by Gasteiger charge is -2.18. The van der Waals surface area contributed by atoms with Gasteiger partial charge in [-0.1, -0.05) is 24.3 Å². The summed E-state index contributed by atoms with van der Waals surface area (Å²) in [5.41, 5.74) is 4.38. The molecule has 2 rings (SSSR count). The number of aryl methyl sites for hydroxylation is 2. The minimum Gasteiger partial charge on any atom is -0.496 e. The highest BCUT2D eigenvalue weighted by Crippen LogP contribution is 2.41. The van der Waals surface area contributed by atoms with E-state index in [1.165, 1.54) is 11.1 Å². The molecule has 3 heteroatoms. The van der Waals surface area contributed by atoms with Crippen LogP contribution in [0, 0.1) is 13.8 Å². The second-order valence-electron chi connectivity index (χ2n) is 4.78. The fourth-order valence-electron chi connectivity index (χ4n) is 2.22. The van der Waals surface area contributed by atoms with Crippen molar-refractivity contribution in [3.8, 4) is 11.5 Å². The minimum atomic E-state index is -0.305. The molecule has 0 saturated heterocycles. The number of hydrogen-bond donors (Lipinski definition) is 0. The fraction of sp³-hybridized carbons (Fsp3) is 0.294. The molecule has 2 aromatic rings. The minimum absolute atomic E-state index is 0.305. The van der Waals surface area contributed by atoms with Gasteiger partial charge >= 0.3 is 0 Å². The van der Waals surface area contributed by atoms with Gasteiger partial charge in [0.15, 0.2) is 0 Å². The monoisotopic (exact) mass is 290 g/mol. The first-order chi connectivity index (χ1) is 9.58. The van der Waals surface area contributed by atoms with Crippen molar-refractivity contribution >= 4 is 11.6 Å². The molecule has 0 heterocycles. The summed E-state index contributed by atoms with van der Waals surface area (Å²) in [7, 11) is 3.28. The molecule has 2 aromatic carbocycles. The molecule has 0 N–H and O–H groups in total. The molecular formula is C17H19ClO2. The first kappa shape index (κ1) is 14.7. The van der Waals surface area contributed by atoms with Gasteiger partial charge in [0.1, 0.15) is 11.5 Å². The van der Waals surface area contributed by atoms with E-state index in [1.807, 2.05) is 24.3 Å². The van der Waals surface area contributed by atoms with E-state index in [1.54, 1.807) is 14.2 Å². The van der Waals surface area contributed by atoms with Gasteiger partial charge in [-0.3, -0.25) is 0 Å². The Labute approximate surface area is 125 Å². The summed E-state index contributed by atoms with van der Waals surface area (Å²) < 4.78 is 10.8. The van der Waals surface area contributed by atoms with Crippen molar-refractivity contribution in [3.05, 3.63) is 58.7 Å². The lowest BCUT2D eigenvalue weighted by Crippen LogP contribution is -2.01. The Balaban J connectivity index is 2.51. The predicted octanol–water partition coefficient (Wildman–Crippen LogP) is 4.65. The third kappa shape index (κ3) is 2.75. The van der Waals surface area contributed by atoms with Crippen LogP contribution in [0.1, 0.15) is 27.6 Å². The van der Waals surface area contributed by atoms with E-state index < -0.39 is 0 Å². The SMILES string of the molecule is COc1cccc(OC)c1C(Cl)c1ccc(C)c(C)c1. The van der Waals surface area contributed by atoms with Crippen molar-refractivity contribution in [3.63, 3.8) is 0 Å². The molecule has 0 saturated carbocycles. The Kier molecular flexibility index (Phi) is 4.56. The summed E-state index contributed by atoms with van der Waals surface area (Å²) in [5, 5.41) is -0.305. The molecule has 0 aromatic heterocycles. The van der Waals surface area contributed by atoms with Crippen molar-refractivity contribution in [2.75, 3.05) is 14.2 Å². The Hall–Kier alpha value is -1.67. The van der Waals surface area contributed by atoms with Gasteiger partial charge < -0.3 is 9.47 Å². The summed E-state index contributed by atoms with van der Waals surface area (Å²) in [5.74, 6) is 1.48. The molecule has 1 unspecified atom stereocenters. The third-order valence-corrected chi connectivity index (χ3v) is 4.01. The predicted molar refractivity (Wildman–Crippen MR) is 83.2 cm³/mol. The highest BCUT2D eigenvalue weighted by Gasteiger charge is 2.20. The van der Waals surface area contributed by atoms with Gasteiger partial charge in [0, 0.05) is 0 Å². The Morgan fingerprint density at radius 1 is 0.900 bits per heavy atom. The van der Waals surface area contributed by atoms with Crippen molar-refractivity contribution in [1.82, 2.24) is 0 Å². The van der Waals surface area contributed by atoms with E-state index in [0.29, 0.717) is 0 Å². The van der Waals surface area contributed by atoms with Crippen LogP contribution in [0.2, 0.25) is 0 Å². The van der Waals surface area contributed by atoms with Gasteiger partial charge in [-0.05, 0) is 42.7 Å². The Bertz CT molecular complexity index is 586. The summed E-state index contributed by atoms with van der Waals surface area (Å²) in [6.07, 6.45) is 0. The molecule has 2 nitrogen and oxygen atoms in total. The molecule has 0 radical (unpaired) electrons. The molecular weight excluding hydrogens is 272 g/mol. The van der Waals surface area contributed by atoms with Crippen LogP contribution >= 0.6 is 11.6 Å². The first-order valence-electron chi connectivity index (χ1n) is 6.50. The molecule has 0 fully saturated rings. The van der Waals surface area contributed by atoms with Crippen LogP contribution in [0.15, 0.2) is 36.4 Å². The maximum Gasteiger partial charge on any atom is 0.127 e. The quantitative estimate of drug-likeness (QED) is 0.763. The van der Waals surface area contributed by atoms with E-state index >= 15 is 0 Å². The summed E-state index contributed by atoms with van der Waals surface area (Å²) >= 11 is 6.66. The van der Waals surface area contributed by atoms with Gasteiger partial charge in [-0.2, -0.15) is 0 Å². The molecule has 0 bridgehead atoms. The van der Waals surface area contributed by atoms with E-state index in [-0.39, 0.29) is 5.38 Å². The molecule has 0 aliphatic heterocycles. The molecule has 1 atom stereocenters. The molecule has 106 valence electrons. The summed E-state index contributed by atoms with van der Waals surface area (Å²) in [6.45, 7) is 4.17. The van der Waals surface area contributed by atoms with E-state index in [4.69, 9.17) is 21.1 Å². The number of rotatable bonds is 4. The van der Waals surface area contributed by atoms with Crippen LogP contribution in [0.5, 0.6) is 11.5 Å². The molecule has 0 aliphatic rings. The van der Waals surface area contributed by atoms with Gasteiger partial charge in [-0.25, -0.2) is 0 Å². The van der Waals surface area contributed by atoms with Crippen molar-refractivity contribution in [1.29, 1.82) is 0 Å². The highest BCUT2D eigenvalue weighted by molar-refractivity contribution is 6.23. The van der Waals surface area contributed by atoms with Crippen molar-refractivity contribution in [2.24, 2.45) is 0 Å². The zero-order chi connectivity index (χ0) is 14.7. The highest BCUT2D eigenvalue weighted by atomic mass is 35.5. The largest absolute Gasteiger partial charge is 0.496 e. The zero-order valence-electron chi connectivity index (χ0n) is 12.2. The van der Waals surface area contributed by atoms with Crippen molar-refractivity contribution in [2.45, 2.75) is 19.2 Å². The van der Waals surface area contributed by atoms with Gasteiger partial charge in [0.25, 0.3) is 0 Å². The molecule has 0 spiro atoms. The smallest absolute Gasteiger partial charge is 0.127 e. The van der Waals surface area contributed by atoms with E-state index in [9.17, 15) is 0 Å². The fourth-order valence-corrected chi connectivity index (χ4v) is 2.57. The third-order valence-electron chi connectivity index (χ3n) is 3.54. The van der Waals surface area contributed by atoms with Crippen LogP contribution in [0.3, 0.4) is 0 Å². The van der Waals surface area contributed by atoms with Crippen LogP contribution in [-0.2, 0) is 0 Å². The van der Waals surface area contributed by atoms with E-state index in [0.717, 1.165) is 22.6 Å². The Morgan fingerprint density at radius 3 is 2.00 bits per heavy atom. The van der Waals surface area contributed by atoms with Gasteiger partial charge in [-0.15, -0.1) is 11.6 Å². The molecule has 0 aliphatic carbocycles. The average Bonchev–Trinajstić information content (AvgIpc) is 2.48. The lowest BCUT2D eigenvalue weighted by atomic mass is 9.99. The topological polar surface area (TPSA) is 18.5 Å². The van der Waals surface area contributed by atoms with Crippen LogP contribution in [0.4, 0.5) is 0 Å². The molecule has 20 heavy (non-hydrogen) atoms. The number of methoxy groups -OCH3 is 2. The Morgan fingerprint density at radius 2 is 1.50 bits per heavy atom. The number of hydrogen-bond acceptors (Lipinski definition) is 2. The van der Waals surface area contributed by atoms with Crippen molar-refractivity contribution < 1.29 is 9.47 Å². The number of alkyl halides is 1. The zero-order valence-corrected chi connectivity index (χ0v) is 13.0. The average molecular weight is 291 g/mol. The van der Waals surface area contributed by atoms with Crippen LogP contribution in [0.25, 0.3) is 0 Å². The second kappa shape index (κ2) is 6.19. The maximum atomic E-state index is 6.66. The standard InChI is InChI=1S/C17H19ClO2/c1-11-8-9-13(10-12(11)2)17(18)16-14(19-3)6-5-7-15(16)20-4/h5-10,17H,1-4H3. The molecule has 0 amide bonds. The van der Waals surface area contributed by atoms with Gasteiger partial charge in [0.2, 0.25) is 0 Å². The normalized spacial score (nSPS) is 12.1. The number of benzene rings is 2. The lowest BCUT2D eigenvalue weighted by molar-refractivity contribution is 0.386. The van der Waals surface area contributed by atoms with Crippen LogP contribution in [-0.4, -0.2) is 14.2 Å². The summed E-state index contributed by atoms with van der Waals surface area (Å²) in [4.78, 5) is 0. The number of halogens is 1. The number of ether oxygens (including phenoxy) is 2.